The van der Waals surface area contributed by atoms with Gasteiger partial charge in [0.15, 0.2) is 0 Å². The molecule has 5 aromatic rings. The molecule has 1 saturated carbocycles. The van der Waals surface area contributed by atoms with Crippen molar-refractivity contribution in [3.05, 3.63) is 83.0 Å². The second kappa shape index (κ2) is 10.1. The monoisotopic (exact) mass is 530 g/mol. The van der Waals surface area contributed by atoms with Crippen LogP contribution in [0.2, 0.25) is 5.02 Å². The predicted molar refractivity (Wildman–Crippen MR) is 140 cm³/mol. The number of anilines is 2. The van der Waals surface area contributed by atoms with Gasteiger partial charge >= 0.3 is 0 Å². The largest absolute Gasteiger partial charge is 0.463 e. The zero-order valence-corrected chi connectivity index (χ0v) is 20.9. The molecule has 5 aromatic heterocycles. The number of hydrogen-bond acceptors (Lipinski definition) is 8. The van der Waals surface area contributed by atoms with Crippen molar-refractivity contribution < 1.29 is 14.3 Å². The molecule has 0 aliphatic heterocycles. The molecule has 1 aliphatic carbocycles. The van der Waals surface area contributed by atoms with Gasteiger partial charge in [0.1, 0.15) is 30.2 Å². The van der Waals surface area contributed by atoms with Crippen molar-refractivity contribution in [3.63, 3.8) is 0 Å². The van der Waals surface area contributed by atoms with Crippen molar-refractivity contribution in [2.24, 2.45) is 0 Å². The van der Waals surface area contributed by atoms with Crippen LogP contribution in [0.5, 0.6) is 0 Å². The first-order valence-electron chi connectivity index (χ1n) is 12.1. The van der Waals surface area contributed by atoms with Crippen LogP contribution in [0.3, 0.4) is 0 Å². The fourth-order valence-electron chi connectivity index (χ4n) is 4.39. The third-order valence-corrected chi connectivity index (χ3v) is 6.58. The average molecular weight is 531 g/mol. The molecule has 0 radical (unpaired) electrons. The summed E-state index contributed by atoms with van der Waals surface area (Å²) in [7, 11) is 0. The molecule has 1 fully saturated rings. The minimum atomic E-state index is -0.257. The van der Waals surface area contributed by atoms with Crippen LogP contribution in [0, 0.1) is 0 Å². The number of fused-ring (bicyclic) bond motifs is 2. The maximum absolute atomic E-state index is 12.7. The number of nitrogens with zero attached hydrogens (tertiary/aromatic N) is 6. The Morgan fingerprint density at radius 2 is 2.00 bits per heavy atom. The number of hydrogen-bond donors (Lipinski definition) is 2. The Kier molecular flexibility index (Phi) is 6.34. The summed E-state index contributed by atoms with van der Waals surface area (Å²) < 4.78 is 8.80. The SMILES string of the molecule is O=COCc1cc(C2CC2)cn2cc(CNc3cc(NC(=O)Cc4ncn5ccc(Cl)cc45)ncn3)nc12. The van der Waals surface area contributed by atoms with Crippen LogP contribution in [-0.2, 0) is 33.9 Å². The average Bonchev–Trinajstić information content (AvgIpc) is 3.57. The molecule has 5 heterocycles. The molecule has 6 rings (SSSR count). The van der Waals surface area contributed by atoms with Gasteiger partial charge in [-0.1, -0.05) is 11.6 Å². The van der Waals surface area contributed by atoms with E-state index in [1.165, 1.54) is 24.7 Å². The molecule has 12 heteroatoms. The zero-order chi connectivity index (χ0) is 26.1. The predicted octanol–water partition coefficient (Wildman–Crippen LogP) is 3.77. The molecule has 0 atom stereocenters. The number of amides is 1. The highest BCUT2D eigenvalue weighted by molar-refractivity contribution is 6.30. The van der Waals surface area contributed by atoms with Gasteiger partial charge in [-0.2, -0.15) is 0 Å². The van der Waals surface area contributed by atoms with E-state index in [2.05, 4.69) is 37.8 Å². The van der Waals surface area contributed by atoms with E-state index in [1.54, 1.807) is 30.7 Å². The minimum Gasteiger partial charge on any atom is -0.463 e. The van der Waals surface area contributed by atoms with E-state index in [4.69, 9.17) is 21.3 Å². The van der Waals surface area contributed by atoms with Crippen molar-refractivity contribution in [2.45, 2.75) is 38.3 Å². The molecule has 192 valence electrons. The number of ether oxygens (including phenoxy) is 1. The number of halogens is 1. The first-order chi connectivity index (χ1) is 18.6. The van der Waals surface area contributed by atoms with Crippen LogP contribution in [0.15, 0.2) is 55.5 Å². The number of aromatic nitrogens is 6. The Bertz CT molecular complexity index is 1660. The summed E-state index contributed by atoms with van der Waals surface area (Å²) in [5.41, 5.74) is 5.02. The van der Waals surface area contributed by atoms with E-state index < -0.39 is 0 Å². The number of pyridine rings is 2. The molecule has 0 aromatic carbocycles. The summed E-state index contributed by atoms with van der Waals surface area (Å²) >= 11 is 6.09. The maximum Gasteiger partial charge on any atom is 0.293 e. The first kappa shape index (κ1) is 23.9. The van der Waals surface area contributed by atoms with Gasteiger partial charge in [0.2, 0.25) is 5.91 Å². The van der Waals surface area contributed by atoms with Crippen molar-refractivity contribution in [3.8, 4) is 0 Å². The van der Waals surface area contributed by atoms with Gasteiger partial charge in [-0.25, -0.2) is 19.9 Å². The van der Waals surface area contributed by atoms with Crippen molar-refractivity contribution >= 4 is 46.8 Å². The van der Waals surface area contributed by atoms with Crippen molar-refractivity contribution in [1.82, 2.24) is 28.7 Å². The van der Waals surface area contributed by atoms with Crippen LogP contribution in [0.4, 0.5) is 11.6 Å². The van der Waals surface area contributed by atoms with E-state index in [0.717, 1.165) is 22.4 Å². The number of carbonyl (C=O) groups is 2. The van der Waals surface area contributed by atoms with Gasteiger partial charge in [-0.3, -0.25) is 9.59 Å². The Labute approximate surface area is 221 Å². The highest BCUT2D eigenvalue weighted by atomic mass is 35.5. The van der Waals surface area contributed by atoms with Crippen LogP contribution < -0.4 is 10.6 Å². The first-order valence-corrected chi connectivity index (χ1v) is 12.5. The van der Waals surface area contributed by atoms with E-state index in [0.29, 0.717) is 41.3 Å². The van der Waals surface area contributed by atoms with Crippen LogP contribution in [-0.4, -0.2) is 41.1 Å². The number of rotatable bonds is 10. The van der Waals surface area contributed by atoms with Crippen LogP contribution in [0.25, 0.3) is 11.2 Å². The Morgan fingerprint density at radius 1 is 1.13 bits per heavy atom. The summed E-state index contributed by atoms with van der Waals surface area (Å²) in [6.45, 7) is 1.03. The highest BCUT2D eigenvalue weighted by Gasteiger charge is 2.25. The lowest BCUT2D eigenvalue weighted by molar-refractivity contribution is -0.129. The number of carbonyl (C=O) groups excluding carboxylic acids is 2. The third kappa shape index (κ3) is 5.14. The summed E-state index contributed by atoms with van der Waals surface area (Å²) in [6.07, 6.45) is 11.3. The Hall–Kier alpha value is -4.51. The molecule has 0 bridgehead atoms. The lowest BCUT2D eigenvalue weighted by atomic mass is 10.1. The standard InChI is InChI=1S/C26H23ClN8O3/c27-19-3-4-34-14-31-21(22(34)6-19)7-25(37)33-24-8-23(29-13-30-24)28-9-20-11-35-10-17(16-1-2-16)5-18(12-38-15-36)26(35)32-20/h3-6,8,10-11,13-16H,1-2,7,9,12H2,(H2,28,29,30,33,37). The lowest BCUT2D eigenvalue weighted by Gasteiger charge is -2.07. The molecule has 1 amide bonds. The molecule has 2 N–H and O–H groups in total. The smallest absolute Gasteiger partial charge is 0.293 e. The van der Waals surface area contributed by atoms with Gasteiger partial charge in [-0.15, -0.1) is 0 Å². The number of imidazole rings is 2. The molecule has 11 nitrogen and oxygen atoms in total. The van der Waals surface area contributed by atoms with Gasteiger partial charge < -0.3 is 24.2 Å². The van der Waals surface area contributed by atoms with Gasteiger partial charge in [-0.05, 0) is 42.5 Å². The third-order valence-electron chi connectivity index (χ3n) is 6.35. The number of nitrogens with one attached hydrogen (secondary N) is 2. The van der Waals surface area contributed by atoms with E-state index >= 15 is 0 Å². The van der Waals surface area contributed by atoms with E-state index in [-0.39, 0.29) is 18.9 Å². The summed E-state index contributed by atoms with van der Waals surface area (Å²) in [4.78, 5) is 40.9. The summed E-state index contributed by atoms with van der Waals surface area (Å²) in [6, 6.07) is 7.26. The van der Waals surface area contributed by atoms with Crippen LogP contribution in [0.1, 0.15) is 41.3 Å². The quantitative estimate of drug-likeness (QED) is 0.261. The molecule has 1 aliphatic rings. The topological polar surface area (TPSA) is 128 Å². The molecule has 0 unspecified atom stereocenters. The second-order valence-corrected chi connectivity index (χ2v) is 9.58. The maximum atomic E-state index is 12.7. The highest BCUT2D eigenvalue weighted by Crippen LogP contribution is 2.40. The fraction of sp³-hybridized carbons (Fsp3) is 0.231. The fourth-order valence-corrected chi connectivity index (χ4v) is 4.55. The summed E-state index contributed by atoms with van der Waals surface area (Å²) in [5.74, 6) is 1.20. The van der Waals surface area contributed by atoms with Gasteiger partial charge in [0.05, 0.1) is 36.2 Å². The second-order valence-electron chi connectivity index (χ2n) is 9.14. The normalized spacial score (nSPS) is 13.1. The van der Waals surface area contributed by atoms with E-state index in [9.17, 15) is 9.59 Å². The summed E-state index contributed by atoms with van der Waals surface area (Å²) in [5, 5.41) is 6.60. The minimum absolute atomic E-state index is 0.0733. The van der Waals surface area contributed by atoms with Gasteiger partial charge in [0, 0.05) is 35.2 Å². The Balaban J connectivity index is 1.13. The van der Waals surface area contributed by atoms with Crippen molar-refractivity contribution in [1.29, 1.82) is 0 Å². The molecule has 0 saturated heterocycles. The molecular formula is C26H23ClN8O3. The Morgan fingerprint density at radius 3 is 2.84 bits per heavy atom. The lowest BCUT2D eigenvalue weighted by Crippen LogP contribution is -2.16. The zero-order valence-electron chi connectivity index (χ0n) is 20.2. The van der Waals surface area contributed by atoms with E-state index in [1.807, 2.05) is 15.0 Å². The van der Waals surface area contributed by atoms with Crippen molar-refractivity contribution in [2.75, 3.05) is 10.6 Å². The molecular weight excluding hydrogens is 508 g/mol. The van der Waals surface area contributed by atoms with Crippen LogP contribution >= 0.6 is 11.6 Å². The molecule has 0 spiro atoms. The van der Waals surface area contributed by atoms with Gasteiger partial charge in [0.25, 0.3) is 6.47 Å². The molecule has 38 heavy (non-hydrogen) atoms.